The number of aromatic carboxylic acids is 1. The fraction of sp³-hybridized carbons (Fsp3) is 0.125. The number of carbonyl (C=O) groups is 2. The average molecular weight is 297 g/mol. The van der Waals surface area contributed by atoms with E-state index in [1.54, 1.807) is 38.3 Å². The molecule has 0 aliphatic carbocycles. The highest BCUT2D eigenvalue weighted by atomic mass is 16.4. The number of nitrogens with zero attached hydrogens (tertiary/aromatic N) is 2. The van der Waals surface area contributed by atoms with Gasteiger partial charge in [0.25, 0.3) is 5.91 Å². The summed E-state index contributed by atoms with van der Waals surface area (Å²) in [6.45, 7) is 3.37. The fourth-order valence-electron chi connectivity index (χ4n) is 1.87. The van der Waals surface area contributed by atoms with Gasteiger partial charge in [0.15, 0.2) is 0 Å². The summed E-state index contributed by atoms with van der Waals surface area (Å²) in [4.78, 5) is 31.4. The number of allylic oxidation sites excluding steroid dienone is 1. The van der Waals surface area contributed by atoms with Gasteiger partial charge in [-0.3, -0.25) is 14.8 Å². The number of rotatable bonds is 4. The summed E-state index contributed by atoms with van der Waals surface area (Å²) in [6, 6.07) is 6.35. The summed E-state index contributed by atoms with van der Waals surface area (Å²) in [5, 5.41) is 12.5. The summed E-state index contributed by atoms with van der Waals surface area (Å²) >= 11 is 0. The van der Waals surface area contributed by atoms with Crippen LogP contribution in [-0.4, -0.2) is 27.7 Å². The molecule has 6 heteroatoms. The number of aliphatic imine (C=N–C) groups is 1. The molecule has 22 heavy (non-hydrogen) atoms. The SMILES string of the molecule is C/C=C\N=C(C)C(=O)Nc1cc(C(=O)O)cc2cccnc12. The van der Waals surface area contributed by atoms with Crippen LogP contribution in [0.4, 0.5) is 5.69 Å². The van der Waals surface area contributed by atoms with E-state index in [4.69, 9.17) is 5.11 Å². The minimum absolute atomic E-state index is 0.0823. The molecule has 0 aliphatic heterocycles. The van der Waals surface area contributed by atoms with Crippen LogP contribution >= 0.6 is 0 Å². The maximum Gasteiger partial charge on any atom is 0.335 e. The third-order valence-corrected chi connectivity index (χ3v) is 2.95. The molecule has 1 amide bonds. The van der Waals surface area contributed by atoms with Crippen LogP contribution in [-0.2, 0) is 4.79 Å². The molecule has 0 radical (unpaired) electrons. The minimum atomic E-state index is -1.07. The van der Waals surface area contributed by atoms with E-state index in [1.807, 2.05) is 0 Å². The Morgan fingerprint density at radius 3 is 2.82 bits per heavy atom. The molecule has 0 spiro atoms. The summed E-state index contributed by atoms with van der Waals surface area (Å²) < 4.78 is 0. The number of nitrogens with one attached hydrogen (secondary N) is 1. The number of hydrogen-bond donors (Lipinski definition) is 2. The summed E-state index contributed by atoms with van der Waals surface area (Å²) in [7, 11) is 0. The maximum absolute atomic E-state index is 12.1. The van der Waals surface area contributed by atoms with Crippen molar-refractivity contribution >= 4 is 34.2 Å². The van der Waals surface area contributed by atoms with Crippen molar-refractivity contribution in [3.05, 3.63) is 48.3 Å². The molecule has 2 rings (SSSR count). The molecule has 0 unspecified atom stereocenters. The van der Waals surface area contributed by atoms with E-state index < -0.39 is 11.9 Å². The molecule has 6 nitrogen and oxygen atoms in total. The first-order valence-corrected chi connectivity index (χ1v) is 6.62. The van der Waals surface area contributed by atoms with Crippen LogP contribution in [0, 0.1) is 0 Å². The van der Waals surface area contributed by atoms with E-state index in [1.165, 1.54) is 18.3 Å². The molecule has 1 aromatic heterocycles. The third kappa shape index (κ3) is 3.35. The van der Waals surface area contributed by atoms with E-state index in [0.29, 0.717) is 16.6 Å². The number of carbonyl (C=O) groups excluding carboxylic acids is 1. The number of carboxylic acid groups (broad SMARTS) is 1. The number of carboxylic acids is 1. The zero-order valence-corrected chi connectivity index (χ0v) is 12.2. The highest BCUT2D eigenvalue weighted by Gasteiger charge is 2.13. The molecule has 0 bridgehead atoms. The largest absolute Gasteiger partial charge is 0.478 e. The lowest BCUT2D eigenvalue weighted by molar-refractivity contribution is -0.110. The highest BCUT2D eigenvalue weighted by Crippen LogP contribution is 2.23. The Hall–Kier alpha value is -3.02. The lowest BCUT2D eigenvalue weighted by atomic mass is 10.1. The number of hydrogen-bond acceptors (Lipinski definition) is 4. The minimum Gasteiger partial charge on any atom is -0.478 e. The molecule has 0 fully saturated rings. The Labute approximate surface area is 127 Å². The molecular weight excluding hydrogens is 282 g/mol. The monoisotopic (exact) mass is 297 g/mol. The van der Waals surface area contributed by atoms with Crippen LogP contribution < -0.4 is 5.32 Å². The van der Waals surface area contributed by atoms with Gasteiger partial charge in [-0.15, -0.1) is 0 Å². The van der Waals surface area contributed by atoms with Gasteiger partial charge in [-0.2, -0.15) is 0 Å². The number of benzene rings is 1. The normalized spacial score (nSPS) is 11.8. The van der Waals surface area contributed by atoms with Crippen LogP contribution in [0.1, 0.15) is 24.2 Å². The second-order valence-corrected chi connectivity index (χ2v) is 4.56. The number of fused-ring (bicyclic) bond motifs is 1. The molecule has 0 saturated carbocycles. The summed E-state index contributed by atoms with van der Waals surface area (Å²) in [6.07, 6.45) is 4.80. The Balaban J connectivity index is 2.45. The van der Waals surface area contributed by atoms with E-state index in [9.17, 15) is 9.59 Å². The van der Waals surface area contributed by atoms with Crippen molar-refractivity contribution in [3.63, 3.8) is 0 Å². The Morgan fingerprint density at radius 2 is 2.14 bits per heavy atom. The number of amides is 1. The standard InChI is InChI=1S/C16H15N3O3/c1-3-6-17-10(2)15(20)19-13-9-12(16(21)22)8-11-5-4-7-18-14(11)13/h3-9H,1-2H3,(H,19,20)(H,21,22)/b6-3-,17-10?. The van der Waals surface area contributed by atoms with E-state index in [2.05, 4.69) is 15.3 Å². The quantitative estimate of drug-likeness (QED) is 0.849. The number of pyridine rings is 1. The zero-order valence-electron chi connectivity index (χ0n) is 12.2. The molecule has 0 saturated heterocycles. The van der Waals surface area contributed by atoms with Gasteiger partial charge in [-0.1, -0.05) is 12.1 Å². The lowest BCUT2D eigenvalue weighted by Crippen LogP contribution is -2.20. The van der Waals surface area contributed by atoms with E-state index in [-0.39, 0.29) is 11.3 Å². The van der Waals surface area contributed by atoms with Crippen LogP contribution in [0.5, 0.6) is 0 Å². The smallest absolute Gasteiger partial charge is 0.335 e. The fourth-order valence-corrected chi connectivity index (χ4v) is 1.87. The van der Waals surface area contributed by atoms with Gasteiger partial charge in [0, 0.05) is 17.8 Å². The summed E-state index contributed by atoms with van der Waals surface area (Å²) in [5.41, 5.74) is 1.22. The second kappa shape index (κ2) is 6.62. The van der Waals surface area contributed by atoms with Crippen molar-refractivity contribution in [2.24, 2.45) is 4.99 Å². The highest BCUT2D eigenvalue weighted by molar-refractivity contribution is 6.42. The van der Waals surface area contributed by atoms with Crippen molar-refractivity contribution in [2.45, 2.75) is 13.8 Å². The van der Waals surface area contributed by atoms with Crippen molar-refractivity contribution in [1.82, 2.24) is 4.98 Å². The van der Waals surface area contributed by atoms with Gasteiger partial charge in [0.1, 0.15) is 5.71 Å². The molecule has 112 valence electrons. The predicted molar refractivity (Wildman–Crippen MR) is 85.3 cm³/mol. The van der Waals surface area contributed by atoms with Crippen molar-refractivity contribution in [3.8, 4) is 0 Å². The Bertz CT molecular complexity index is 794. The first-order valence-electron chi connectivity index (χ1n) is 6.62. The van der Waals surface area contributed by atoms with Gasteiger partial charge >= 0.3 is 5.97 Å². The van der Waals surface area contributed by atoms with Gasteiger partial charge in [-0.05, 0) is 32.0 Å². The molecular formula is C16H15N3O3. The molecule has 2 aromatic rings. The Kier molecular flexibility index (Phi) is 4.63. The van der Waals surface area contributed by atoms with E-state index >= 15 is 0 Å². The van der Waals surface area contributed by atoms with Crippen LogP contribution in [0.3, 0.4) is 0 Å². The molecule has 0 atom stereocenters. The molecule has 1 heterocycles. The van der Waals surface area contributed by atoms with Crippen LogP contribution in [0.2, 0.25) is 0 Å². The zero-order chi connectivity index (χ0) is 16.1. The molecule has 2 N–H and O–H groups in total. The van der Waals surface area contributed by atoms with E-state index in [0.717, 1.165) is 0 Å². The number of aromatic nitrogens is 1. The topological polar surface area (TPSA) is 91.7 Å². The lowest BCUT2D eigenvalue weighted by Gasteiger charge is -2.09. The van der Waals surface area contributed by atoms with Gasteiger partial charge in [0.05, 0.1) is 16.8 Å². The Morgan fingerprint density at radius 1 is 1.36 bits per heavy atom. The van der Waals surface area contributed by atoms with Crippen molar-refractivity contribution in [1.29, 1.82) is 0 Å². The molecule has 0 aliphatic rings. The number of anilines is 1. The second-order valence-electron chi connectivity index (χ2n) is 4.56. The predicted octanol–water partition coefficient (Wildman–Crippen LogP) is 2.87. The van der Waals surface area contributed by atoms with Crippen LogP contribution in [0.15, 0.2) is 47.7 Å². The first-order chi connectivity index (χ1) is 10.5. The van der Waals surface area contributed by atoms with Crippen molar-refractivity contribution < 1.29 is 14.7 Å². The van der Waals surface area contributed by atoms with Crippen molar-refractivity contribution in [2.75, 3.05) is 5.32 Å². The van der Waals surface area contributed by atoms with Gasteiger partial charge in [-0.25, -0.2) is 4.79 Å². The van der Waals surface area contributed by atoms with Gasteiger partial charge < -0.3 is 10.4 Å². The third-order valence-electron chi connectivity index (χ3n) is 2.95. The summed E-state index contributed by atoms with van der Waals surface area (Å²) in [5.74, 6) is -1.48. The van der Waals surface area contributed by atoms with Crippen LogP contribution in [0.25, 0.3) is 10.9 Å². The average Bonchev–Trinajstić information content (AvgIpc) is 2.52. The van der Waals surface area contributed by atoms with Gasteiger partial charge in [0.2, 0.25) is 0 Å². The first kappa shape index (κ1) is 15.4. The molecule has 1 aromatic carbocycles. The maximum atomic E-state index is 12.1.